The maximum Gasteiger partial charge on any atom is 0.274 e. The van der Waals surface area contributed by atoms with E-state index in [1.807, 2.05) is 109 Å². The molecule has 484 valence electrons. The highest BCUT2D eigenvalue weighted by molar-refractivity contribution is 6.33. The Morgan fingerprint density at radius 1 is 0.543 bits per heavy atom. The highest BCUT2D eigenvalue weighted by Gasteiger charge is 2.35. The van der Waals surface area contributed by atoms with Crippen LogP contribution in [0.25, 0.3) is 33.6 Å². The normalized spacial score (nSPS) is 14.2. The smallest absolute Gasteiger partial charge is 0.274 e. The summed E-state index contributed by atoms with van der Waals surface area (Å²) in [6.07, 6.45) is 8.70. The number of hydrogen-bond acceptors (Lipinski definition) is 10. The molecule has 16 nitrogen and oxygen atoms in total. The van der Waals surface area contributed by atoms with Gasteiger partial charge in [0.25, 0.3) is 23.6 Å². The number of aromatic nitrogens is 4. The monoisotopic (exact) mass is 1270 g/mol. The van der Waals surface area contributed by atoms with Gasteiger partial charge in [0.2, 0.25) is 0 Å². The Bertz CT molecular complexity index is 3860. The predicted molar refractivity (Wildman–Crippen MR) is 359 cm³/mol. The van der Waals surface area contributed by atoms with Crippen molar-refractivity contribution in [2.24, 2.45) is 0 Å². The average Bonchev–Trinajstić information content (AvgIpc) is 1.35. The molecule has 0 fully saturated rings. The molecule has 0 saturated carbocycles. The topological polar surface area (TPSA) is 176 Å². The van der Waals surface area contributed by atoms with Crippen LogP contribution in [-0.4, -0.2) is 139 Å². The fourth-order valence-corrected chi connectivity index (χ4v) is 12.5. The molecule has 0 radical (unpaired) electrons. The second-order valence-electron chi connectivity index (χ2n) is 23.8. The van der Waals surface area contributed by atoms with Crippen LogP contribution in [0.1, 0.15) is 154 Å². The summed E-state index contributed by atoms with van der Waals surface area (Å²) in [6, 6.07) is 39.4. The van der Waals surface area contributed by atoms with Crippen molar-refractivity contribution >= 4 is 35.2 Å². The summed E-state index contributed by atoms with van der Waals surface area (Å²) in [5.41, 5.74) is 10.9. The van der Waals surface area contributed by atoms with E-state index in [4.69, 9.17) is 31.3 Å². The van der Waals surface area contributed by atoms with E-state index in [1.165, 1.54) is 12.1 Å². The molecule has 4 heterocycles. The minimum Gasteiger partial charge on any atom is -0.496 e. The summed E-state index contributed by atoms with van der Waals surface area (Å²) in [4.78, 5) is 63.7. The molecule has 8 aromatic rings. The first-order chi connectivity index (χ1) is 44.6. The second-order valence-corrected chi connectivity index (χ2v) is 24.2. The van der Waals surface area contributed by atoms with Crippen molar-refractivity contribution in [3.8, 4) is 45.1 Å². The zero-order valence-corrected chi connectivity index (χ0v) is 55.0. The van der Waals surface area contributed by atoms with E-state index < -0.39 is 17.9 Å². The number of ether oxygens (including phenoxy) is 2. The minimum absolute atomic E-state index is 0.106. The molecule has 2 atom stereocenters. The van der Waals surface area contributed by atoms with E-state index in [0.717, 1.165) is 90.4 Å². The molecule has 2 aromatic heterocycles. The second kappa shape index (κ2) is 31.6. The van der Waals surface area contributed by atoms with Crippen molar-refractivity contribution in [3.63, 3.8) is 0 Å². The molecule has 0 spiro atoms. The van der Waals surface area contributed by atoms with Gasteiger partial charge < -0.3 is 39.3 Å². The van der Waals surface area contributed by atoms with Crippen LogP contribution in [0.5, 0.6) is 11.5 Å². The third-order valence-corrected chi connectivity index (χ3v) is 17.7. The number of amides is 4. The van der Waals surface area contributed by atoms with Gasteiger partial charge in [0.1, 0.15) is 17.3 Å². The van der Waals surface area contributed by atoms with Crippen LogP contribution in [-0.2, 0) is 25.9 Å². The Morgan fingerprint density at radius 3 is 1.36 bits per heavy atom. The van der Waals surface area contributed by atoms with Crippen LogP contribution in [0.4, 0.5) is 4.39 Å². The van der Waals surface area contributed by atoms with E-state index >= 15 is 0 Å². The van der Waals surface area contributed by atoms with Gasteiger partial charge in [-0.3, -0.25) is 19.2 Å². The molecule has 10 rings (SSSR count). The van der Waals surface area contributed by atoms with E-state index in [0.29, 0.717) is 114 Å². The predicted octanol–water partition coefficient (Wildman–Crippen LogP) is 13.7. The number of carbonyl (C=O) groups excluding carboxylic acids is 4. The Morgan fingerprint density at radius 2 is 0.957 bits per heavy atom. The van der Waals surface area contributed by atoms with Crippen LogP contribution in [0.3, 0.4) is 0 Å². The van der Waals surface area contributed by atoms with Crippen molar-refractivity contribution in [3.05, 3.63) is 200 Å². The van der Waals surface area contributed by atoms with E-state index in [1.54, 1.807) is 63.7 Å². The summed E-state index contributed by atoms with van der Waals surface area (Å²) in [7, 11) is 3.21. The van der Waals surface area contributed by atoms with Gasteiger partial charge in [-0.1, -0.05) is 132 Å². The number of fused-ring (bicyclic) bond motifs is 2. The van der Waals surface area contributed by atoms with Crippen LogP contribution in [0.15, 0.2) is 133 Å². The van der Waals surface area contributed by atoms with Crippen molar-refractivity contribution < 1.29 is 43.3 Å². The molecule has 0 aliphatic carbocycles. The molecule has 4 amide bonds. The minimum atomic E-state index is -0.453. The lowest BCUT2D eigenvalue weighted by Crippen LogP contribution is -2.46. The quantitative estimate of drug-likeness (QED) is 0.0592. The molecule has 2 N–H and O–H groups in total. The van der Waals surface area contributed by atoms with Gasteiger partial charge in [-0.25, -0.2) is 13.8 Å². The zero-order chi connectivity index (χ0) is 65.6. The third kappa shape index (κ3) is 15.1. The fourth-order valence-electron chi connectivity index (χ4n) is 12.2. The summed E-state index contributed by atoms with van der Waals surface area (Å²) < 4.78 is 28.6. The zero-order valence-electron chi connectivity index (χ0n) is 54.3. The van der Waals surface area contributed by atoms with Gasteiger partial charge in [-0.05, 0) is 152 Å². The maximum atomic E-state index is 14.7. The number of rotatable bonds is 24. The third-order valence-electron chi connectivity index (χ3n) is 17.4. The molecule has 0 bridgehead atoms. The highest BCUT2D eigenvalue weighted by Crippen LogP contribution is 2.41. The molecule has 2 aliphatic heterocycles. The van der Waals surface area contributed by atoms with Crippen LogP contribution >= 0.6 is 11.6 Å². The number of hydrogen-bond donors (Lipinski definition) is 2. The summed E-state index contributed by atoms with van der Waals surface area (Å²) in [5.74, 6) is 0.00889. The summed E-state index contributed by atoms with van der Waals surface area (Å²) >= 11 is 6.44. The highest BCUT2D eigenvalue weighted by atomic mass is 35.5. The first-order valence-electron chi connectivity index (χ1n) is 32.2. The molecule has 0 unspecified atom stereocenters. The number of carbonyl (C=O) groups is 4. The van der Waals surface area contributed by atoms with Crippen molar-refractivity contribution in [1.82, 2.24) is 39.2 Å². The number of aliphatic hydroxyl groups excluding tert-OH is 2. The molecular formula is C74H86ClFN8O8. The van der Waals surface area contributed by atoms with Gasteiger partial charge >= 0.3 is 0 Å². The van der Waals surface area contributed by atoms with Crippen molar-refractivity contribution in [2.75, 3.05) is 53.6 Å². The Labute approximate surface area is 545 Å². The summed E-state index contributed by atoms with van der Waals surface area (Å²) in [5, 5.41) is 30.5. The van der Waals surface area contributed by atoms with Gasteiger partial charge in [-0.2, -0.15) is 10.2 Å². The van der Waals surface area contributed by atoms with Crippen LogP contribution in [0.2, 0.25) is 5.02 Å². The average molecular weight is 1270 g/mol. The Kier molecular flexibility index (Phi) is 23.3. The van der Waals surface area contributed by atoms with E-state index in [9.17, 15) is 33.8 Å². The lowest BCUT2D eigenvalue weighted by molar-refractivity contribution is 0.0539. The Balaban J connectivity index is 0.000000218. The molecule has 0 saturated heterocycles. The van der Waals surface area contributed by atoms with Gasteiger partial charge in [-0.15, -0.1) is 0 Å². The molecule has 2 aliphatic rings. The first-order valence-corrected chi connectivity index (χ1v) is 32.6. The van der Waals surface area contributed by atoms with Crippen molar-refractivity contribution in [2.45, 2.75) is 131 Å². The lowest BCUT2D eigenvalue weighted by atomic mass is 9.93. The maximum absolute atomic E-state index is 14.7. The number of aliphatic hydroxyl groups is 2. The number of unbranched alkanes of at least 4 members (excludes halogenated alkanes) is 4. The largest absolute Gasteiger partial charge is 0.496 e. The van der Waals surface area contributed by atoms with Gasteiger partial charge in [0, 0.05) is 56.2 Å². The molecule has 6 aromatic carbocycles. The summed E-state index contributed by atoms with van der Waals surface area (Å²) in [6.45, 7) is 15.2. The fraction of sp³-hybridized carbons (Fsp3) is 0.378. The molecular weight excluding hydrogens is 1180 g/mol. The lowest BCUT2D eigenvalue weighted by Gasteiger charge is -2.36. The van der Waals surface area contributed by atoms with Crippen LogP contribution < -0.4 is 9.47 Å². The molecule has 92 heavy (non-hydrogen) atoms. The van der Waals surface area contributed by atoms with Crippen LogP contribution in [0, 0.1) is 19.7 Å². The van der Waals surface area contributed by atoms with Crippen molar-refractivity contribution in [1.29, 1.82) is 0 Å². The van der Waals surface area contributed by atoms with E-state index in [2.05, 4.69) is 33.8 Å². The number of methoxy groups -OCH3 is 2. The first kappa shape index (κ1) is 67.7. The van der Waals surface area contributed by atoms with Gasteiger partial charge in [0.15, 0.2) is 11.4 Å². The number of nitrogens with zero attached hydrogens (tertiary/aromatic N) is 8. The number of aryl methyl sites for hydroxylation is 2. The SMILES string of the molecule is CCCCN(CCCC)C(=O)c1cc(C)n(-c2ccc(-c3c(OC)cccc3OC)cc2C(=O)N2Cc3ccccc3C[C@H]2CO)n1.CCCCN(CCCC)C(=O)c1cc(C)n(-c2ccc(-c3ccc(F)cc3Cl)cc2C(=O)N2Cc3ccccc3C[C@H]2CO)n1. The van der Waals surface area contributed by atoms with Gasteiger partial charge in [0.05, 0.1) is 72.6 Å². The standard InChI is InChI=1S/C38H46N4O5.C36H40ClFN4O3/c1-6-8-19-40(20-9-7-2)38(45)32-21-26(3)42(39-32)33-18-17-28(36-34(46-4)15-12-16-35(36)47-5)23-31(33)37(44)41-24-29-14-11-10-13-27(29)22-30(41)25-43;1-4-6-16-40(17-7-5-2)36(45)33-18-24(3)42(39-33)34-15-12-26(30-14-13-28(38)21-32(30)37)20-31(34)35(44)41-22-27-11-9-8-10-25(27)19-29(41)23-43/h10-18,21,23,30,43H,6-9,19-20,22,24-25H2,1-5H3;8-15,18,20-21,29,43H,4-7,16-17,19,22-23H2,1-3H3/t30-;29-/m00/s1. The van der Waals surface area contributed by atoms with E-state index in [-0.39, 0.29) is 41.9 Å². The molecule has 18 heteroatoms. The number of benzene rings is 6. The Hall–Kier alpha value is -8.64. The number of halogens is 2.